The Kier molecular flexibility index (Phi) is 7.45. The third-order valence-corrected chi connectivity index (χ3v) is 7.78. The fourth-order valence-electron chi connectivity index (χ4n) is 6.14. The van der Waals surface area contributed by atoms with Crippen LogP contribution in [0, 0.1) is 23.6 Å². The Labute approximate surface area is 184 Å². The van der Waals surface area contributed by atoms with Gasteiger partial charge in [0.1, 0.15) is 11.6 Å². The lowest BCUT2D eigenvalue weighted by molar-refractivity contribution is -0.0497. The minimum absolute atomic E-state index is 0.00103. The van der Waals surface area contributed by atoms with Crippen molar-refractivity contribution in [3.05, 3.63) is 41.7 Å². The van der Waals surface area contributed by atoms with Crippen LogP contribution in [0.4, 0.5) is 13.2 Å². The molecule has 4 heteroatoms. The lowest BCUT2D eigenvalue weighted by atomic mass is 9.63. The third kappa shape index (κ3) is 5.56. The monoisotopic (exact) mass is 432 g/mol. The van der Waals surface area contributed by atoms with Gasteiger partial charge in [0.05, 0.1) is 0 Å². The molecule has 31 heavy (non-hydrogen) atoms. The average molecular weight is 433 g/mol. The smallest absolute Gasteiger partial charge is 0.387 e. The Morgan fingerprint density at radius 3 is 2.55 bits per heavy atom. The lowest BCUT2D eigenvalue weighted by Crippen LogP contribution is -2.30. The zero-order valence-electron chi connectivity index (χ0n) is 18.6. The second-order valence-corrected chi connectivity index (χ2v) is 9.82. The van der Waals surface area contributed by atoms with E-state index in [4.69, 9.17) is 0 Å². The van der Waals surface area contributed by atoms with Crippen molar-refractivity contribution in [1.82, 2.24) is 0 Å². The maximum atomic E-state index is 14.8. The van der Waals surface area contributed by atoms with Gasteiger partial charge >= 0.3 is 6.61 Å². The number of unbranched alkanes of at least 4 members (excludes halogenated alkanes) is 3. The van der Waals surface area contributed by atoms with Crippen molar-refractivity contribution >= 4 is 10.8 Å². The highest BCUT2D eigenvalue weighted by Crippen LogP contribution is 2.48. The van der Waals surface area contributed by atoms with Gasteiger partial charge in [0.15, 0.2) is 0 Å². The van der Waals surface area contributed by atoms with Crippen molar-refractivity contribution in [2.45, 2.75) is 90.1 Å². The van der Waals surface area contributed by atoms with E-state index in [1.165, 1.54) is 69.9 Å². The van der Waals surface area contributed by atoms with Crippen molar-refractivity contribution in [3.8, 4) is 5.75 Å². The van der Waals surface area contributed by atoms with Gasteiger partial charge in [-0.3, -0.25) is 0 Å². The van der Waals surface area contributed by atoms with Gasteiger partial charge in [-0.05, 0) is 84.9 Å². The minimum Gasteiger partial charge on any atom is -0.435 e. The van der Waals surface area contributed by atoms with E-state index >= 15 is 0 Å². The first-order valence-corrected chi connectivity index (χ1v) is 12.2. The molecule has 2 fully saturated rings. The molecule has 0 bridgehead atoms. The molecule has 2 aliphatic carbocycles. The molecular weight excluding hydrogens is 397 g/mol. The lowest BCUT2D eigenvalue weighted by Gasteiger charge is -2.42. The number of rotatable bonds is 8. The molecule has 0 saturated heterocycles. The number of alkyl halides is 2. The first-order valence-electron chi connectivity index (χ1n) is 12.2. The predicted molar refractivity (Wildman–Crippen MR) is 120 cm³/mol. The van der Waals surface area contributed by atoms with Crippen LogP contribution in [0.25, 0.3) is 10.8 Å². The molecule has 1 nitrogen and oxygen atoms in total. The molecule has 2 aromatic rings. The maximum Gasteiger partial charge on any atom is 0.387 e. The van der Waals surface area contributed by atoms with E-state index in [-0.39, 0.29) is 11.6 Å². The number of benzene rings is 2. The normalized spacial score (nSPS) is 26.2. The van der Waals surface area contributed by atoms with Crippen molar-refractivity contribution in [1.29, 1.82) is 0 Å². The number of halogens is 3. The average Bonchev–Trinajstić information content (AvgIpc) is 2.76. The number of hydrogen-bond acceptors (Lipinski definition) is 1. The molecule has 0 heterocycles. The molecule has 4 rings (SSSR count). The van der Waals surface area contributed by atoms with E-state index in [0.717, 1.165) is 41.5 Å². The Bertz CT molecular complexity index is 865. The van der Waals surface area contributed by atoms with Gasteiger partial charge in [-0.15, -0.1) is 0 Å². The van der Waals surface area contributed by atoms with Gasteiger partial charge < -0.3 is 4.74 Å². The van der Waals surface area contributed by atoms with Crippen molar-refractivity contribution in [2.75, 3.05) is 0 Å². The van der Waals surface area contributed by atoms with Gasteiger partial charge in [0, 0.05) is 5.39 Å². The summed E-state index contributed by atoms with van der Waals surface area (Å²) in [6.07, 6.45) is 14.4. The molecule has 0 aliphatic heterocycles. The summed E-state index contributed by atoms with van der Waals surface area (Å²) in [6.45, 7) is -0.633. The Morgan fingerprint density at radius 2 is 1.74 bits per heavy atom. The first-order chi connectivity index (χ1) is 15.0. The van der Waals surface area contributed by atoms with Gasteiger partial charge in [-0.25, -0.2) is 4.39 Å². The van der Waals surface area contributed by atoms with Crippen LogP contribution in [-0.2, 0) is 0 Å². The maximum absolute atomic E-state index is 14.8. The molecule has 0 aromatic heterocycles. The summed E-state index contributed by atoms with van der Waals surface area (Å²) in [5, 5.41) is 1.11. The number of ether oxygens (including phenoxy) is 1. The van der Waals surface area contributed by atoms with Crippen molar-refractivity contribution < 1.29 is 17.9 Å². The standard InChI is InChI=1S/C27H35F3O/c1-2-3-4-5-6-18-7-8-20-14-21(10-9-19(20)13-18)23-15-22-11-12-24(31-27(29)30)17-25(22)26(28)16-23/h11-12,15-21,27H,2-10,13-14H2,1H3/t18-,19?,20-,21?/m1/s1. The second-order valence-electron chi connectivity index (χ2n) is 9.82. The molecule has 2 unspecified atom stereocenters. The molecule has 0 radical (unpaired) electrons. The SMILES string of the molecule is CCCCCC[C@@H]1CC[C@@H]2CC(c3cc(F)c4cc(OC(F)F)ccc4c3)CCC2C1. The zero-order valence-corrected chi connectivity index (χ0v) is 18.6. The fourth-order valence-corrected chi connectivity index (χ4v) is 6.14. The van der Waals surface area contributed by atoms with E-state index < -0.39 is 6.61 Å². The minimum atomic E-state index is -2.90. The summed E-state index contributed by atoms with van der Waals surface area (Å²) in [5.41, 5.74) is 1.06. The predicted octanol–water partition coefficient (Wildman–Crippen LogP) is 8.85. The van der Waals surface area contributed by atoms with Crippen LogP contribution in [0.5, 0.6) is 5.75 Å². The molecule has 0 N–H and O–H groups in total. The van der Waals surface area contributed by atoms with Crippen LogP contribution in [0.3, 0.4) is 0 Å². The highest BCUT2D eigenvalue weighted by Gasteiger charge is 2.36. The van der Waals surface area contributed by atoms with Gasteiger partial charge in [-0.1, -0.05) is 57.6 Å². The fraction of sp³-hybridized carbons (Fsp3) is 0.630. The summed E-state index contributed by atoms with van der Waals surface area (Å²) < 4.78 is 44.2. The van der Waals surface area contributed by atoms with E-state index in [1.807, 2.05) is 0 Å². The highest BCUT2D eigenvalue weighted by atomic mass is 19.3. The quantitative estimate of drug-likeness (QED) is 0.379. The summed E-state index contributed by atoms with van der Waals surface area (Å²) in [6, 6.07) is 8.23. The van der Waals surface area contributed by atoms with Crippen LogP contribution < -0.4 is 4.74 Å². The molecule has 0 amide bonds. The van der Waals surface area contributed by atoms with Crippen LogP contribution in [0.2, 0.25) is 0 Å². The Hall–Kier alpha value is -1.71. The summed E-state index contributed by atoms with van der Waals surface area (Å²) in [4.78, 5) is 0. The third-order valence-electron chi connectivity index (χ3n) is 7.78. The molecule has 2 saturated carbocycles. The Balaban J connectivity index is 1.39. The topological polar surface area (TPSA) is 9.23 Å². The molecule has 0 spiro atoms. The van der Waals surface area contributed by atoms with E-state index in [2.05, 4.69) is 17.7 Å². The van der Waals surface area contributed by atoms with Gasteiger partial charge in [0.25, 0.3) is 0 Å². The van der Waals surface area contributed by atoms with Crippen LogP contribution in [0.15, 0.2) is 30.3 Å². The van der Waals surface area contributed by atoms with Crippen LogP contribution in [-0.4, -0.2) is 6.61 Å². The summed E-state index contributed by atoms with van der Waals surface area (Å²) in [5.74, 6) is 2.59. The van der Waals surface area contributed by atoms with Gasteiger partial charge in [0.2, 0.25) is 0 Å². The molecular formula is C27H35F3O. The molecule has 2 aromatic carbocycles. The van der Waals surface area contributed by atoms with Gasteiger partial charge in [-0.2, -0.15) is 8.78 Å². The Morgan fingerprint density at radius 1 is 0.935 bits per heavy atom. The number of hydrogen-bond donors (Lipinski definition) is 0. The zero-order chi connectivity index (χ0) is 21.8. The second kappa shape index (κ2) is 10.3. The first kappa shape index (κ1) is 22.5. The van der Waals surface area contributed by atoms with Crippen molar-refractivity contribution in [2.24, 2.45) is 17.8 Å². The van der Waals surface area contributed by atoms with Crippen LogP contribution >= 0.6 is 0 Å². The molecule has 170 valence electrons. The summed E-state index contributed by atoms with van der Waals surface area (Å²) >= 11 is 0. The highest BCUT2D eigenvalue weighted by molar-refractivity contribution is 5.85. The van der Waals surface area contributed by atoms with E-state index in [9.17, 15) is 13.2 Å². The number of fused-ring (bicyclic) bond motifs is 2. The van der Waals surface area contributed by atoms with E-state index in [1.54, 1.807) is 12.1 Å². The van der Waals surface area contributed by atoms with Crippen molar-refractivity contribution in [3.63, 3.8) is 0 Å². The summed E-state index contributed by atoms with van der Waals surface area (Å²) in [7, 11) is 0. The largest absolute Gasteiger partial charge is 0.435 e. The molecule has 2 aliphatic rings. The van der Waals surface area contributed by atoms with E-state index in [0.29, 0.717) is 11.3 Å². The van der Waals surface area contributed by atoms with Crippen LogP contribution in [0.1, 0.15) is 89.0 Å². The molecule has 4 atom stereocenters.